The molecule has 4 atom stereocenters. The molecule has 0 saturated heterocycles. The maximum absolute atomic E-state index is 9.12. The number of hydrogen-bond donors (Lipinski definition) is 5. The number of rotatable bonds is 5. The molecule has 0 fully saturated rings. The third kappa shape index (κ3) is 3.82. The molecule has 0 amide bonds. The lowest BCUT2D eigenvalue weighted by molar-refractivity contribution is -0.0999. The molecule has 5 N–H and O–H groups in total. The number of thiocarbonyl (C=S) groups is 1. The molecule has 0 aromatic carbocycles. The fourth-order valence-corrected chi connectivity index (χ4v) is 0.925. The van der Waals surface area contributed by atoms with E-state index in [2.05, 4.69) is 12.2 Å². The van der Waals surface area contributed by atoms with E-state index in [0.717, 1.165) is 0 Å². The van der Waals surface area contributed by atoms with Gasteiger partial charge in [-0.1, -0.05) is 23.8 Å². The minimum absolute atomic E-state index is 0.420. The summed E-state index contributed by atoms with van der Waals surface area (Å²) in [4.78, 5) is 0. The van der Waals surface area contributed by atoms with Crippen molar-refractivity contribution >= 4 is 28.1 Å². The smallest absolute Gasteiger partial charge is 0.128 e. The molecule has 0 aliphatic heterocycles. The van der Waals surface area contributed by atoms with Crippen molar-refractivity contribution < 1.29 is 25.5 Å². The highest BCUT2D eigenvalue weighted by Gasteiger charge is 2.31. The van der Waals surface area contributed by atoms with Crippen LogP contribution in [0.3, 0.4) is 0 Å². The van der Waals surface area contributed by atoms with Crippen LogP contribution in [0.5, 0.6) is 0 Å². The fourth-order valence-electron chi connectivity index (χ4n) is 0.657. The Morgan fingerprint density at radius 2 is 1.62 bits per heavy atom. The number of aliphatic hydroxyl groups is 5. The lowest BCUT2D eigenvalue weighted by atomic mass is 10.0. The average molecular weight is 231 g/mol. The fraction of sp³-hybridized carbons (Fsp3) is 0.833. The third-order valence-corrected chi connectivity index (χ3v) is 1.95. The van der Waals surface area contributed by atoms with Crippen molar-refractivity contribution in [1.29, 1.82) is 0 Å². The largest absolute Gasteiger partial charge is 0.394 e. The zero-order chi connectivity index (χ0) is 10.6. The second kappa shape index (κ2) is 5.82. The lowest BCUT2D eigenvalue weighted by Crippen LogP contribution is -2.47. The van der Waals surface area contributed by atoms with Gasteiger partial charge in [-0.15, -0.1) is 0 Å². The number of halogens is 1. The quantitative estimate of drug-likeness (QED) is 0.276. The Morgan fingerprint density at radius 1 is 1.15 bits per heavy atom. The number of hydrogen-bond acceptors (Lipinski definition) is 6. The molecule has 0 aromatic rings. The molecule has 0 saturated carbocycles. The standard InChI is InChI=1S/C6H11ClO5S/c7-6(13)5(12)4(11)3(10)2(9)1-8/h2-5,8-12H,1H2. The minimum atomic E-state index is -1.72. The Labute approximate surface area is 85.2 Å². The predicted octanol–water partition coefficient (Wildman–Crippen LogP) is -2.01. The van der Waals surface area contributed by atoms with Crippen molar-refractivity contribution in [2.75, 3.05) is 6.61 Å². The van der Waals surface area contributed by atoms with E-state index >= 15 is 0 Å². The van der Waals surface area contributed by atoms with Gasteiger partial charge in [0.05, 0.1) is 6.61 Å². The molecule has 78 valence electrons. The second-order valence-electron chi connectivity index (χ2n) is 2.48. The van der Waals surface area contributed by atoms with Crippen LogP contribution in [0.15, 0.2) is 0 Å². The van der Waals surface area contributed by atoms with E-state index < -0.39 is 35.3 Å². The van der Waals surface area contributed by atoms with E-state index in [0.29, 0.717) is 0 Å². The van der Waals surface area contributed by atoms with Gasteiger partial charge in [-0.05, 0) is 0 Å². The van der Waals surface area contributed by atoms with Crippen molar-refractivity contribution in [3.63, 3.8) is 0 Å². The van der Waals surface area contributed by atoms with Gasteiger partial charge in [0.25, 0.3) is 0 Å². The van der Waals surface area contributed by atoms with Crippen LogP contribution in [0.4, 0.5) is 0 Å². The van der Waals surface area contributed by atoms with Gasteiger partial charge in [0.15, 0.2) is 0 Å². The minimum Gasteiger partial charge on any atom is -0.394 e. The molecule has 0 rings (SSSR count). The van der Waals surface area contributed by atoms with Crippen molar-refractivity contribution in [2.45, 2.75) is 24.4 Å². The molecule has 0 aliphatic carbocycles. The molecule has 0 spiro atoms. The first-order valence-corrected chi connectivity index (χ1v) is 4.23. The summed E-state index contributed by atoms with van der Waals surface area (Å²) in [5.74, 6) is 0. The first-order valence-electron chi connectivity index (χ1n) is 3.44. The summed E-state index contributed by atoms with van der Waals surface area (Å²) in [6, 6.07) is 0. The molecule has 0 aliphatic rings. The highest BCUT2D eigenvalue weighted by molar-refractivity contribution is 7.83. The first kappa shape index (κ1) is 13.2. The summed E-state index contributed by atoms with van der Waals surface area (Å²) in [5.41, 5.74) is 0. The molecular weight excluding hydrogens is 220 g/mol. The van der Waals surface area contributed by atoms with Crippen molar-refractivity contribution in [3.8, 4) is 0 Å². The number of aliphatic hydroxyl groups excluding tert-OH is 5. The maximum atomic E-state index is 9.12. The lowest BCUT2D eigenvalue weighted by Gasteiger charge is -2.24. The van der Waals surface area contributed by atoms with Gasteiger partial charge < -0.3 is 25.5 Å². The Kier molecular flexibility index (Phi) is 5.90. The van der Waals surface area contributed by atoms with E-state index in [-0.39, 0.29) is 0 Å². The molecule has 13 heavy (non-hydrogen) atoms. The van der Waals surface area contributed by atoms with Crippen LogP contribution in [0.1, 0.15) is 0 Å². The Hall–Kier alpha value is 0.180. The van der Waals surface area contributed by atoms with Crippen LogP contribution in [0, 0.1) is 0 Å². The van der Waals surface area contributed by atoms with E-state index in [1.165, 1.54) is 0 Å². The molecule has 0 heterocycles. The maximum Gasteiger partial charge on any atom is 0.128 e. The van der Waals surface area contributed by atoms with Crippen LogP contribution in [0.2, 0.25) is 0 Å². The molecule has 7 heteroatoms. The Bertz CT molecular complexity index is 178. The van der Waals surface area contributed by atoms with Crippen LogP contribution in [-0.4, -0.2) is 60.9 Å². The van der Waals surface area contributed by atoms with Crippen molar-refractivity contribution in [2.24, 2.45) is 0 Å². The van der Waals surface area contributed by atoms with Gasteiger partial charge in [0.1, 0.15) is 28.7 Å². The molecule has 0 aromatic heterocycles. The Balaban J connectivity index is 4.24. The van der Waals surface area contributed by atoms with Crippen LogP contribution in [0.25, 0.3) is 0 Å². The third-order valence-electron chi connectivity index (χ3n) is 1.49. The monoisotopic (exact) mass is 230 g/mol. The summed E-state index contributed by atoms with van der Waals surface area (Å²) in [7, 11) is 0. The molecule has 0 radical (unpaired) electrons. The summed E-state index contributed by atoms with van der Waals surface area (Å²) >= 11 is 9.52. The zero-order valence-electron chi connectivity index (χ0n) is 6.54. The van der Waals surface area contributed by atoms with Crippen LogP contribution >= 0.6 is 23.8 Å². The zero-order valence-corrected chi connectivity index (χ0v) is 8.11. The van der Waals surface area contributed by atoms with E-state index in [4.69, 9.17) is 37.1 Å². The molecule has 5 nitrogen and oxygen atoms in total. The SMILES string of the molecule is OCC(O)C(O)C(O)C(O)C(=S)Cl. The summed E-state index contributed by atoms with van der Waals surface area (Å²) in [6.07, 6.45) is -6.58. The van der Waals surface area contributed by atoms with Crippen LogP contribution < -0.4 is 0 Å². The molecule has 4 unspecified atom stereocenters. The first-order chi connectivity index (χ1) is 5.91. The van der Waals surface area contributed by atoms with Crippen molar-refractivity contribution in [1.82, 2.24) is 0 Å². The highest BCUT2D eigenvalue weighted by Crippen LogP contribution is 2.08. The highest BCUT2D eigenvalue weighted by atomic mass is 35.5. The van der Waals surface area contributed by atoms with Crippen molar-refractivity contribution in [3.05, 3.63) is 0 Å². The van der Waals surface area contributed by atoms with E-state index in [9.17, 15) is 0 Å². The van der Waals surface area contributed by atoms with Gasteiger partial charge in [-0.25, -0.2) is 0 Å². The van der Waals surface area contributed by atoms with Gasteiger partial charge in [0.2, 0.25) is 0 Å². The van der Waals surface area contributed by atoms with Gasteiger partial charge in [0, 0.05) is 0 Å². The second-order valence-corrected chi connectivity index (χ2v) is 3.55. The average Bonchev–Trinajstić information content (AvgIpc) is 2.12. The molecular formula is C6H11ClO5S. The normalized spacial score (nSPS) is 20.5. The summed E-state index contributed by atoms with van der Waals surface area (Å²) in [6.45, 7) is -0.736. The summed E-state index contributed by atoms with van der Waals surface area (Å²) < 4.78 is -0.420. The topological polar surface area (TPSA) is 101 Å². The van der Waals surface area contributed by atoms with E-state index in [1.807, 2.05) is 0 Å². The summed E-state index contributed by atoms with van der Waals surface area (Å²) in [5, 5.41) is 44.5. The van der Waals surface area contributed by atoms with Gasteiger partial charge >= 0.3 is 0 Å². The Morgan fingerprint density at radius 3 is 1.92 bits per heavy atom. The van der Waals surface area contributed by atoms with Crippen LogP contribution in [-0.2, 0) is 0 Å². The molecule has 0 bridgehead atoms. The van der Waals surface area contributed by atoms with Gasteiger partial charge in [-0.2, -0.15) is 0 Å². The van der Waals surface area contributed by atoms with E-state index in [1.54, 1.807) is 0 Å². The van der Waals surface area contributed by atoms with Gasteiger partial charge in [-0.3, -0.25) is 0 Å². The predicted molar refractivity (Wildman–Crippen MR) is 49.6 cm³/mol.